The summed E-state index contributed by atoms with van der Waals surface area (Å²) >= 11 is 0. The van der Waals surface area contributed by atoms with Crippen LogP contribution in [-0.4, -0.2) is 26.0 Å². The highest BCUT2D eigenvalue weighted by Crippen LogP contribution is 2.30. The van der Waals surface area contributed by atoms with Crippen LogP contribution in [0.2, 0.25) is 0 Å². The van der Waals surface area contributed by atoms with Crippen molar-refractivity contribution in [2.45, 2.75) is 32.8 Å². The summed E-state index contributed by atoms with van der Waals surface area (Å²) in [5, 5.41) is 0. The van der Waals surface area contributed by atoms with Crippen LogP contribution in [0.25, 0.3) is 0 Å². The molecule has 0 saturated heterocycles. The zero-order valence-electron chi connectivity index (χ0n) is 8.49. The van der Waals surface area contributed by atoms with Crippen molar-refractivity contribution in [3.05, 3.63) is 0 Å². The van der Waals surface area contributed by atoms with E-state index < -0.39 is 7.60 Å². The van der Waals surface area contributed by atoms with Gasteiger partial charge in [-0.3, -0.25) is 0 Å². The fraction of sp³-hybridized carbons (Fsp3) is 1.00. The fourth-order valence-electron chi connectivity index (χ4n) is 0.754. The molecule has 0 aliphatic heterocycles. The predicted molar refractivity (Wildman–Crippen MR) is 49.8 cm³/mol. The molecule has 0 amide bonds. The van der Waals surface area contributed by atoms with Gasteiger partial charge in [0.2, 0.25) is 0 Å². The Hall–Kier alpha value is 0.110. The van der Waals surface area contributed by atoms with Crippen LogP contribution in [0, 0.1) is 0 Å². The molecule has 13 heavy (non-hydrogen) atoms. The van der Waals surface area contributed by atoms with E-state index in [1.54, 1.807) is 0 Å². The van der Waals surface area contributed by atoms with Crippen LogP contribution in [0.3, 0.4) is 0 Å². The molecule has 0 heterocycles. The second kappa shape index (κ2) is 6.55. The second-order valence-corrected chi connectivity index (χ2v) is 5.03. The SMILES string of the molecule is CC(C)OCCCCOP(C)(=O)[O-]. The minimum Gasteiger partial charge on any atom is -0.779 e. The first kappa shape index (κ1) is 13.1. The highest BCUT2D eigenvalue weighted by molar-refractivity contribution is 7.50. The Morgan fingerprint density at radius 1 is 1.31 bits per heavy atom. The molecule has 0 bridgehead atoms. The lowest BCUT2D eigenvalue weighted by Gasteiger charge is -2.17. The van der Waals surface area contributed by atoms with Crippen molar-refractivity contribution in [3.8, 4) is 0 Å². The molecule has 0 aromatic carbocycles. The highest BCUT2D eigenvalue weighted by Gasteiger charge is 1.98. The van der Waals surface area contributed by atoms with E-state index in [1.165, 1.54) is 0 Å². The largest absolute Gasteiger partial charge is 0.779 e. The average Bonchev–Trinajstić information content (AvgIpc) is 1.93. The van der Waals surface area contributed by atoms with E-state index >= 15 is 0 Å². The standard InChI is InChI=1S/C8H19O4P/c1-8(2)11-6-4-5-7-12-13(3,9)10/h8H,4-7H2,1-3H3,(H,9,10)/p-1. The smallest absolute Gasteiger partial charge is 0.131 e. The van der Waals surface area contributed by atoms with E-state index in [0.717, 1.165) is 13.1 Å². The lowest BCUT2D eigenvalue weighted by Crippen LogP contribution is -2.06. The quantitative estimate of drug-likeness (QED) is 0.469. The molecule has 0 aliphatic rings. The monoisotopic (exact) mass is 209 g/mol. The van der Waals surface area contributed by atoms with Crippen LogP contribution in [0.1, 0.15) is 26.7 Å². The summed E-state index contributed by atoms with van der Waals surface area (Å²) in [6.45, 7) is 5.94. The molecule has 0 saturated carbocycles. The van der Waals surface area contributed by atoms with Crippen LogP contribution in [0.5, 0.6) is 0 Å². The van der Waals surface area contributed by atoms with Crippen molar-refractivity contribution in [1.82, 2.24) is 0 Å². The maximum absolute atomic E-state index is 10.5. The van der Waals surface area contributed by atoms with E-state index in [-0.39, 0.29) is 12.7 Å². The summed E-state index contributed by atoms with van der Waals surface area (Å²) in [5.74, 6) is 0. The van der Waals surface area contributed by atoms with Gasteiger partial charge in [-0.05, 0) is 26.7 Å². The summed E-state index contributed by atoms with van der Waals surface area (Å²) in [6, 6.07) is 0. The van der Waals surface area contributed by atoms with Crippen LogP contribution < -0.4 is 4.89 Å². The Labute approximate surface area is 79.8 Å². The summed E-state index contributed by atoms with van der Waals surface area (Å²) in [7, 11) is -3.52. The predicted octanol–water partition coefficient (Wildman–Crippen LogP) is 1.39. The topological polar surface area (TPSA) is 58.6 Å². The lowest BCUT2D eigenvalue weighted by molar-refractivity contribution is -0.196. The molecule has 0 fully saturated rings. The Bertz CT molecular complexity index is 164. The van der Waals surface area contributed by atoms with Crippen molar-refractivity contribution in [1.29, 1.82) is 0 Å². The van der Waals surface area contributed by atoms with Gasteiger partial charge in [0.25, 0.3) is 0 Å². The Balaban J connectivity index is 3.14. The molecule has 0 spiro atoms. The molecule has 0 N–H and O–H groups in total. The molecule has 80 valence electrons. The summed E-state index contributed by atoms with van der Waals surface area (Å²) in [6.07, 6.45) is 1.78. The third-order valence-electron chi connectivity index (χ3n) is 1.32. The minimum atomic E-state index is -3.52. The van der Waals surface area contributed by atoms with Crippen LogP contribution in [-0.2, 0) is 13.8 Å². The number of rotatable bonds is 7. The molecular weight excluding hydrogens is 191 g/mol. The average molecular weight is 209 g/mol. The normalized spacial score (nSPS) is 16.1. The van der Waals surface area contributed by atoms with Gasteiger partial charge in [0.05, 0.1) is 12.7 Å². The van der Waals surface area contributed by atoms with E-state index in [1.807, 2.05) is 13.8 Å². The van der Waals surface area contributed by atoms with Crippen LogP contribution >= 0.6 is 7.60 Å². The molecule has 0 radical (unpaired) electrons. The lowest BCUT2D eigenvalue weighted by atomic mass is 10.3. The minimum absolute atomic E-state index is 0.234. The fourth-order valence-corrected chi connectivity index (χ4v) is 1.21. The molecule has 5 heteroatoms. The number of hydrogen-bond acceptors (Lipinski definition) is 4. The molecule has 0 rings (SSSR count). The molecule has 0 aliphatic carbocycles. The number of hydrogen-bond donors (Lipinski definition) is 0. The molecule has 0 aromatic heterocycles. The van der Waals surface area contributed by atoms with Gasteiger partial charge in [0, 0.05) is 13.3 Å². The maximum Gasteiger partial charge on any atom is 0.131 e. The summed E-state index contributed by atoms with van der Waals surface area (Å²) in [5.41, 5.74) is 0. The van der Waals surface area contributed by atoms with Gasteiger partial charge in [-0.25, -0.2) is 0 Å². The molecule has 1 atom stereocenters. The van der Waals surface area contributed by atoms with Gasteiger partial charge in [-0.2, -0.15) is 0 Å². The van der Waals surface area contributed by atoms with Gasteiger partial charge in [-0.1, -0.05) is 0 Å². The molecule has 4 nitrogen and oxygen atoms in total. The van der Waals surface area contributed by atoms with E-state index in [0.29, 0.717) is 13.0 Å². The first-order chi connectivity index (χ1) is 5.92. The van der Waals surface area contributed by atoms with Crippen molar-refractivity contribution < 1.29 is 18.7 Å². The zero-order valence-corrected chi connectivity index (χ0v) is 9.38. The third-order valence-corrected chi connectivity index (χ3v) is 1.97. The first-order valence-electron chi connectivity index (χ1n) is 4.46. The molecule has 1 unspecified atom stereocenters. The van der Waals surface area contributed by atoms with Crippen LogP contribution in [0.15, 0.2) is 0 Å². The van der Waals surface area contributed by atoms with Crippen molar-refractivity contribution in [2.24, 2.45) is 0 Å². The Morgan fingerprint density at radius 2 is 1.85 bits per heavy atom. The van der Waals surface area contributed by atoms with Gasteiger partial charge in [0.1, 0.15) is 7.60 Å². The molecular formula is C8H18O4P-. The van der Waals surface area contributed by atoms with Crippen molar-refractivity contribution in [2.75, 3.05) is 19.9 Å². The van der Waals surface area contributed by atoms with Crippen LogP contribution in [0.4, 0.5) is 0 Å². The second-order valence-electron chi connectivity index (χ2n) is 3.23. The third kappa shape index (κ3) is 12.1. The Kier molecular flexibility index (Phi) is 6.60. The van der Waals surface area contributed by atoms with E-state index in [4.69, 9.17) is 4.74 Å². The Morgan fingerprint density at radius 3 is 2.31 bits per heavy atom. The van der Waals surface area contributed by atoms with Gasteiger partial charge >= 0.3 is 0 Å². The van der Waals surface area contributed by atoms with Gasteiger partial charge in [0.15, 0.2) is 0 Å². The molecule has 0 aromatic rings. The van der Waals surface area contributed by atoms with Gasteiger partial charge < -0.3 is 18.7 Å². The maximum atomic E-state index is 10.5. The van der Waals surface area contributed by atoms with Gasteiger partial charge in [-0.15, -0.1) is 0 Å². The van der Waals surface area contributed by atoms with Crippen molar-refractivity contribution in [3.63, 3.8) is 0 Å². The van der Waals surface area contributed by atoms with E-state index in [2.05, 4.69) is 4.52 Å². The first-order valence-corrected chi connectivity index (χ1v) is 6.45. The summed E-state index contributed by atoms with van der Waals surface area (Å²) < 4.78 is 20.4. The van der Waals surface area contributed by atoms with Crippen molar-refractivity contribution >= 4 is 7.60 Å². The summed E-state index contributed by atoms with van der Waals surface area (Å²) in [4.78, 5) is 10.5. The highest BCUT2D eigenvalue weighted by atomic mass is 31.2. The van der Waals surface area contributed by atoms with E-state index in [9.17, 15) is 9.46 Å². The zero-order chi connectivity index (χ0) is 10.3. The number of unbranched alkanes of at least 4 members (excludes halogenated alkanes) is 1. The number of ether oxygens (including phenoxy) is 1.